The van der Waals surface area contributed by atoms with Gasteiger partial charge < -0.3 is 15.3 Å². The van der Waals surface area contributed by atoms with Crippen molar-refractivity contribution in [2.45, 2.75) is 51.8 Å². The number of rotatable bonds is 6. The molecule has 1 aliphatic carbocycles. The molecule has 0 spiro atoms. The molecule has 0 bridgehead atoms. The van der Waals surface area contributed by atoms with Gasteiger partial charge in [0.25, 0.3) is 5.56 Å². The Bertz CT molecular complexity index is 1510. The number of benzene rings is 1. The van der Waals surface area contributed by atoms with Gasteiger partial charge in [-0.05, 0) is 81.5 Å². The summed E-state index contributed by atoms with van der Waals surface area (Å²) < 4.78 is 3.49. The molecule has 4 aromatic rings. The van der Waals surface area contributed by atoms with Gasteiger partial charge >= 0.3 is 0 Å². The number of pyridine rings is 1. The Morgan fingerprint density at radius 3 is 2.75 bits per heavy atom. The number of likely N-dealkylation sites (N-methyl/N-ethyl adjacent to an activating group) is 1. The van der Waals surface area contributed by atoms with E-state index in [2.05, 4.69) is 40.4 Å². The smallest absolute Gasteiger partial charge is 0.278 e. The van der Waals surface area contributed by atoms with Crippen LogP contribution in [0.2, 0.25) is 0 Å². The quantitative estimate of drug-likeness (QED) is 0.432. The van der Waals surface area contributed by atoms with Gasteiger partial charge in [0.2, 0.25) is 5.95 Å². The first-order valence-electron chi connectivity index (χ1n) is 12.5. The second kappa shape index (κ2) is 8.53. The number of aliphatic hydroxyl groups is 1. The van der Waals surface area contributed by atoms with Gasteiger partial charge in [0.15, 0.2) is 11.5 Å². The average Bonchev–Trinajstić information content (AvgIpc) is 3.62. The molecule has 2 N–H and O–H groups in total. The second-order valence-corrected chi connectivity index (χ2v) is 10.6. The molecule has 36 heavy (non-hydrogen) atoms. The van der Waals surface area contributed by atoms with Gasteiger partial charge in [-0.25, -0.2) is 19.3 Å². The fourth-order valence-corrected chi connectivity index (χ4v) is 4.82. The van der Waals surface area contributed by atoms with Crippen molar-refractivity contribution < 1.29 is 5.11 Å². The maximum atomic E-state index is 13.4. The molecule has 9 heteroatoms. The normalized spacial score (nSPS) is 16.3. The monoisotopic (exact) mass is 485 g/mol. The maximum Gasteiger partial charge on any atom is 0.278 e. The summed E-state index contributed by atoms with van der Waals surface area (Å²) >= 11 is 0. The van der Waals surface area contributed by atoms with Gasteiger partial charge in [-0.1, -0.05) is 12.1 Å². The Labute approximate surface area is 209 Å². The van der Waals surface area contributed by atoms with Crippen LogP contribution in [0.4, 0.5) is 11.6 Å². The van der Waals surface area contributed by atoms with E-state index in [1.165, 1.54) is 11.1 Å². The summed E-state index contributed by atoms with van der Waals surface area (Å²) in [5.74, 6) is 1.44. The predicted molar refractivity (Wildman–Crippen MR) is 139 cm³/mol. The van der Waals surface area contributed by atoms with E-state index >= 15 is 0 Å². The molecule has 9 nitrogen and oxygen atoms in total. The highest BCUT2D eigenvalue weighted by atomic mass is 16.3. The Hall–Kier alpha value is -3.56. The van der Waals surface area contributed by atoms with Gasteiger partial charge in [-0.3, -0.25) is 4.79 Å². The molecule has 2 aliphatic rings. The fourth-order valence-electron chi connectivity index (χ4n) is 4.82. The number of anilines is 2. The highest BCUT2D eigenvalue weighted by molar-refractivity contribution is 5.77. The van der Waals surface area contributed by atoms with Crippen LogP contribution in [0.25, 0.3) is 16.9 Å². The lowest BCUT2D eigenvalue weighted by atomic mass is 9.99. The molecule has 1 aliphatic heterocycles. The fraction of sp³-hybridized carbons (Fsp3) is 0.407. The lowest BCUT2D eigenvalue weighted by molar-refractivity contribution is 0.0738. The van der Waals surface area contributed by atoms with E-state index in [0.29, 0.717) is 41.0 Å². The highest BCUT2D eigenvalue weighted by Crippen LogP contribution is 2.31. The first-order valence-corrected chi connectivity index (χ1v) is 12.5. The second-order valence-electron chi connectivity index (χ2n) is 10.6. The number of nitrogens with zero attached hydrogens (tertiary/aromatic N) is 6. The Morgan fingerprint density at radius 2 is 1.97 bits per heavy atom. The number of hydrogen-bond donors (Lipinski definition) is 2. The highest BCUT2D eigenvalue weighted by Gasteiger charge is 2.27. The SMILES string of the molecule is CN1CCc2ccc(Nc3ncc4c(=O)n(CC5CC5)n(-c5cccc(C(C)(C)O)n5)c4n3)cc2C1. The Morgan fingerprint density at radius 1 is 1.14 bits per heavy atom. The van der Waals surface area contributed by atoms with Crippen LogP contribution in [0.15, 0.2) is 47.4 Å². The largest absolute Gasteiger partial charge is 0.384 e. The molecule has 1 saturated carbocycles. The Balaban J connectivity index is 1.44. The van der Waals surface area contributed by atoms with Crippen LogP contribution in [-0.4, -0.2) is 47.9 Å². The number of hydrogen-bond acceptors (Lipinski definition) is 7. The van der Waals surface area contributed by atoms with Gasteiger partial charge in [-0.15, -0.1) is 0 Å². The maximum absolute atomic E-state index is 13.4. The zero-order valence-electron chi connectivity index (χ0n) is 20.9. The molecule has 6 rings (SSSR count). The topological polar surface area (TPSA) is 101 Å². The molecule has 1 aromatic carbocycles. The van der Waals surface area contributed by atoms with Crippen molar-refractivity contribution >= 4 is 22.7 Å². The summed E-state index contributed by atoms with van der Waals surface area (Å²) in [5.41, 5.74) is 3.37. The summed E-state index contributed by atoms with van der Waals surface area (Å²) in [6.07, 6.45) is 4.86. The summed E-state index contributed by atoms with van der Waals surface area (Å²) in [6, 6.07) is 11.8. The van der Waals surface area contributed by atoms with E-state index < -0.39 is 5.60 Å². The molecule has 0 unspecified atom stereocenters. The third kappa shape index (κ3) is 4.29. The van der Waals surface area contributed by atoms with Crippen LogP contribution in [-0.2, 0) is 25.1 Å². The molecule has 3 aromatic heterocycles. The molecule has 0 atom stereocenters. The van der Waals surface area contributed by atoms with Gasteiger partial charge in [0.1, 0.15) is 11.0 Å². The van der Waals surface area contributed by atoms with Crippen LogP contribution in [0, 0.1) is 5.92 Å². The molecular formula is C27H31N7O2. The van der Waals surface area contributed by atoms with E-state index in [0.717, 1.165) is 38.0 Å². The number of aromatic nitrogens is 5. The van der Waals surface area contributed by atoms with E-state index in [-0.39, 0.29) is 5.56 Å². The van der Waals surface area contributed by atoms with Crippen LogP contribution in [0.5, 0.6) is 0 Å². The van der Waals surface area contributed by atoms with Crippen molar-refractivity contribution in [3.63, 3.8) is 0 Å². The zero-order valence-corrected chi connectivity index (χ0v) is 20.9. The van der Waals surface area contributed by atoms with Crippen LogP contribution in [0.1, 0.15) is 43.5 Å². The predicted octanol–water partition coefficient (Wildman–Crippen LogP) is 3.35. The molecule has 186 valence electrons. The summed E-state index contributed by atoms with van der Waals surface area (Å²) in [7, 11) is 2.13. The third-order valence-electron chi connectivity index (χ3n) is 7.05. The first kappa shape index (κ1) is 22.9. The molecular weight excluding hydrogens is 454 g/mol. The number of nitrogens with one attached hydrogen (secondary N) is 1. The van der Waals surface area contributed by atoms with Crippen molar-refractivity contribution in [1.82, 2.24) is 29.2 Å². The van der Waals surface area contributed by atoms with Crippen LogP contribution < -0.4 is 10.9 Å². The Kier molecular flexibility index (Phi) is 5.42. The molecule has 0 saturated heterocycles. The summed E-state index contributed by atoms with van der Waals surface area (Å²) in [6.45, 7) is 5.98. The van der Waals surface area contributed by atoms with Crippen molar-refractivity contribution in [3.05, 3.63) is 69.8 Å². The third-order valence-corrected chi connectivity index (χ3v) is 7.05. The minimum atomic E-state index is -1.11. The van der Waals surface area contributed by atoms with Crippen LogP contribution in [0.3, 0.4) is 0 Å². The van der Waals surface area contributed by atoms with Crippen molar-refractivity contribution in [1.29, 1.82) is 0 Å². The minimum Gasteiger partial charge on any atom is -0.384 e. The van der Waals surface area contributed by atoms with Gasteiger partial charge in [0, 0.05) is 31.5 Å². The van der Waals surface area contributed by atoms with Crippen molar-refractivity contribution in [3.8, 4) is 5.82 Å². The lowest BCUT2D eigenvalue weighted by Gasteiger charge is -2.25. The van der Waals surface area contributed by atoms with E-state index in [9.17, 15) is 9.90 Å². The van der Waals surface area contributed by atoms with Gasteiger partial charge in [-0.2, -0.15) is 4.98 Å². The molecule has 0 radical (unpaired) electrons. The summed E-state index contributed by atoms with van der Waals surface area (Å²) in [4.78, 5) is 29.7. The average molecular weight is 486 g/mol. The van der Waals surface area contributed by atoms with E-state index in [1.807, 2.05) is 12.1 Å². The lowest BCUT2D eigenvalue weighted by Crippen LogP contribution is -2.26. The van der Waals surface area contributed by atoms with Gasteiger partial charge in [0.05, 0.1) is 5.69 Å². The van der Waals surface area contributed by atoms with Crippen molar-refractivity contribution in [2.75, 3.05) is 18.9 Å². The van der Waals surface area contributed by atoms with E-state index in [1.54, 1.807) is 35.5 Å². The van der Waals surface area contributed by atoms with Crippen molar-refractivity contribution in [2.24, 2.45) is 5.92 Å². The van der Waals surface area contributed by atoms with E-state index in [4.69, 9.17) is 9.97 Å². The molecule has 4 heterocycles. The number of fused-ring (bicyclic) bond motifs is 2. The van der Waals surface area contributed by atoms with Crippen LogP contribution >= 0.6 is 0 Å². The minimum absolute atomic E-state index is 0.129. The molecule has 1 fully saturated rings. The zero-order chi connectivity index (χ0) is 25.0. The summed E-state index contributed by atoms with van der Waals surface area (Å²) in [5, 5.41) is 14.3. The standard InChI is InChI=1S/C27H31N7O2/c1-27(2,36)22-5-4-6-23(30-22)34-24-21(25(35)33(34)15-17-7-8-17)14-28-26(31-24)29-20-10-9-18-11-12-32(3)16-19(18)13-20/h4-6,9-10,13-14,17,36H,7-8,11-12,15-16H2,1-3H3,(H,28,29,31). The molecule has 0 amide bonds. The first-order chi connectivity index (χ1) is 17.3.